The number of nitrogens with zero attached hydrogens (tertiary/aromatic N) is 1. The van der Waals surface area contributed by atoms with Crippen LogP contribution in [0.15, 0.2) is 27.4 Å². The summed E-state index contributed by atoms with van der Waals surface area (Å²) in [5.41, 5.74) is -0.226. The first kappa shape index (κ1) is 24.4. The summed E-state index contributed by atoms with van der Waals surface area (Å²) in [6.07, 6.45) is 2.27. The molecule has 0 unspecified atom stereocenters. The van der Waals surface area contributed by atoms with Crippen LogP contribution in [0.3, 0.4) is 0 Å². The number of aryl methyl sites for hydroxylation is 1. The van der Waals surface area contributed by atoms with Crippen molar-refractivity contribution < 1.29 is 28.5 Å². The van der Waals surface area contributed by atoms with Crippen LogP contribution >= 0.6 is 0 Å². The van der Waals surface area contributed by atoms with Crippen LogP contribution in [0.25, 0.3) is 0 Å². The van der Waals surface area contributed by atoms with Gasteiger partial charge in [-0.25, -0.2) is 4.79 Å². The Morgan fingerprint density at radius 1 is 1.15 bits per heavy atom. The molecule has 2 N–H and O–H groups in total. The van der Waals surface area contributed by atoms with Crippen LogP contribution in [-0.4, -0.2) is 63.4 Å². The van der Waals surface area contributed by atoms with Crippen LogP contribution in [0.2, 0.25) is 0 Å². The van der Waals surface area contributed by atoms with E-state index in [2.05, 4.69) is 10.2 Å². The average Bonchev–Trinajstić information content (AvgIpc) is 3.30. The monoisotopic (exact) mass is 460 g/mol. The molecule has 9 nitrogen and oxygen atoms in total. The zero-order chi connectivity index (χ0) is 24.0. The number of hydrogen-bond donors (Lipinski definition) is 2. The van der Waals surface area contributed by atoms with E-state index in [1.165, 1.54) is 40.2 Å². The average molecular weight is 461 g/mol. The number of ether oxygens (including phenoxy) is 3. The van der Waals surface area contributed by atoms with Crippen molar-refractivity contribution >= 4 is 5.91 Å². The number of aromatic hydroxyl groups is 1. The number of carbonyl (C=O) groups is 1. The molecule has 0 aliphatic carbocycles. The summed E-state index contributed by atoms with van der Waals surface area (Å²) in [7, 11) is 4.44. The van der Waals surface area contributed by atoms with Gasteiger partial charge in [-0.15, -0.1) is 0 Å². The fourth-order valence-corrected chi connectivity index (χ4v) is 4.31. The Kier molecular flexibility index (Phi) is 8.21. The van der Waals surface area contributed by atoms with Gasteiger partial charge in [-0.3, -0.25) is 4.79 Å². The van der Waals surface area contributed by atoms with Gasteiger partial charge in [0.1, 0.15) is 11.5 Å². The minimum atomic E-state index is -0.830. The summed E-state index contributed by atoms with van der Waals surface area (Å²) in [6.45, 7) is 4.93. The van der Waals surface area contributed by atoms with Crippen molar-refractivity contribution in [3.05, 3.63) is 45.5 Å². The summed E-state index contributed by atoms with van der Waals surface area (Å²) in [4.78, 5) is 28.0. The molecule has 33 heavy (non-hydrogen) atoms. The topological polar surface area (TPSA) is 110 Å². The number of benzene rings is 1. The molecule has 1 aliphatic rings. The maximum absolute atomic E-state index is 12.9. The van der Waals surface area contributed by atoms with E-state index in [4.69, 9.17) is 18.6 Å². The predicted octanol–water partition coefficient (Wildman–Crippen LogP) is 2.41. The highest BCUT2D eigenvalue weighted by atomic mass is 16.5. The smallest absolute Gasteiger partial charge is 0.343 e. The molecule has 1 atom stereocenters. The molecular formula is C24H32N2O7. The molecule has 1 amide bonds. The first-order valence-corrected chi connectivity index (χ1v) is 11.0. The van der Waals surface area contributed by atoms with E-state index >= 15 is 0 Å². The fourth-order valence-electron chi connectivity index (χ4n) is 4.31. The quantitative estimate of drug-likeness (QED) is 0.556. The van der Waals surface area contributed by atoms with E-state index in [1.807, 2.05) is 0 Å². The highest BCUT2D eigenvalue weighted by molar-refractivity contribution is 5.78. The molecule has 0 spiro atoms. The van der Waals surface area contributed by atoms with Crippen molar-refractivity contribution in [3.63, 3.8) is 0 Å². The van der Waals surface area contributed by atoms with Gasteiger partial charge in [0.25, 0.3) is 0 Å². The van der Waals surface area contributed by atoms with E-state index in [-0.39, 0.29) is 29.4 Å². The Labute approximate surface area is 193 Å². The second-order valence-electron chi connectivity index (χ2n) is 8.02. The van der Waals surface area contributed by atoms with Gasteiger partial charge in [0, 0.05) is 37.1 Å². The second-order valence-corrected chi connectivity index (χ2v) is 8.02. The molecule has 0 saturated carbocycles. The van der Waals surface area contributed by atoms with Crippen LogP contribution in [-0.2, 0) is 4.79 Å². The lowest BCUT2D eigenvalue weighted by molar-refractivity contribution is -0.121. The van der Waals surface area contributed by atoms with Gasteiger partial charge in [-0.05, 0) is 38.9 Å². The summed E-state index contributed by atoms with van der Waals surface area (Å²) in [6, 6.07) is 4.73. The number of rotatable bonds is 10. The first-order chi connectivity index (χ1) is 15.9. The van der Waals surface area contributed by atoms with Gasteiger partial charge in [-0.2, -0.15) is 0 Å². The van der Waals surface area contributed by atoms with Gasteiger partial charge >= 0.3 is 5.63 Å². The summed E-state index contributed by atoms with van der Waals surface area (Å²) in [5.74, 6) is 0.0229. The third-order valence-electron chi connectivity index (χ3n) is 5.89. The van der Waals surface area contributed by atoms with Crippen LogP contribution in [0.1, 0.15) is 42.1 Å². The van der Waals surface area contributed by atoms with Crippen molar-refractivity contribution in [2.75, 3.05) is 47.5 Å². The van der Waals surface area contributed by atoms with E-state index in [9.17, 15) is 14.7 Å². The summed E-state index contributed by atoms with van der Waals surface area (Å²) < 4.78 is 21.7. The van der Waals surface area contributed by atoms with E-state index in [0.29, 0.717) is 29.4 Å². The van der Waals surface area contributed by atoms with E-state index in [0.717, 1.165) is 19.6 Å². The molecule has 2 heterocycles. The van der Waals surface area contributed by atoms with Gasteiger partial charge in [0.05, 0.1) is 26.9 Å². The molecule has 2 aromatic rings. The minimum absolute atomic E-state index is 0.0131. The molecule has 1 aromatic heterocycles. The summed E-state index contributed by atoms with van der Waals surface area (Å²) in [5, 5.41) is 13.6. The SMILES string of the molecule is COc1ccc([C@H](CC(=O)NCCN2CCCC2)c2c(O)cc(C)oc2=O)c(OC)c1OC. The molecule has 1 fully saturated rings. The maximum Gasteiger partial charge on any atom is 0.343 e. The largest absolute Gasteiger partial charge is 0.507 e. The second kappa shape index (κ2) is 11.1. The normalized spacial score (nSPS) is 14.7. The molecule has 9 heteroatoms. The number of carbonyl (C=O) groups excluding carboxylic acids is 1. The Morgan fingerprint density at radius 3 is 2.45 bits per heavy atom. The predicted molar refractivity (Wildman–Crippen MR) is 123 cm³/mol. The molecule has 1 aromatic carbocycles. The number of likely N-dealkylation sites (tertiary alicyclic amines) is 1. The van der Waals surface area contributed by atoms with Gasteiger partial charge in [0.2, 0.25) is 11.7 Å². The van der Waals surface area contributed by atoms with Crippen molar-refractivity contribution in [1.82, 2.24) is 10.2 Å². The van der Waals surface area contributed by atoms with Crippen LogP contribution in [0.5, 0.6) is 23.0 Å². The highest BCUT2D eigenvalue weighted by Gasteiger charge is 2.30. The Hall–Kier alpha value is -3.20. The van der Waals surface area contributed by atoms with E-state index in [1.54, 1.807) is 19.1 Å². The van der Waals surface area contributed by atoms with Crippen LogP contribution < -0.4 is 25.2 Å². The number of amides is 1. The lowest BCUT2D eigenvalue weighted by Gasteiger charge is -2.23. The lowest BCUT2D eigenvalue weighted by Crippen LogP contribution is -2.34. The lowest BCUT2D eigenvalue weighted by atomic mass is 9.87. The van der Waals surface area contributed by atoms with Crippen LogP contribution in [0, 0.1) is 6.92 Å². The number of hydrogen-bond acceptors (Lipinski definition) is 8. The van der Waals surface area contributed by atoms with Crippen molar-refractivity contribution in [1.29, 1.82) is 0 Å². The molecule has 1 saturated heterocycles. The highest BCUT2D eigenvalue weighted by Crippen LogP contribution is 2.45. The van der Waals surface area contributed by atoms with Crippen molar-refractivity contribution in [2.45, 2.75) is 32.1 Å². The molecule has 180 valence electrons. The zero-order valence-electron chi connectivity index (χ0n) is 19.6. The van der Waals surface area contributed by atoms with Gasteiger partial charge in [0.15, 0.2) is 11.5 Å². The zero-order valence-corrected chi connectivity index (χ0v) is 19.6. The van der Waals surface area contributed by atoms with E-state index < -0.39 is 11.5 Å². The third-order valence-corrected chi connectivity index (χ3v) is 5.89. The number of methoxy groups -OCH3 is 3. The Balaban J connectivity index is 1.96. The molecule has 0 radical (unpaired) electrons. The van der Waals surface area contributed by atoms with Crippen molar-refractivity contribution in [2.24, 2.45) is 0 Å². The molecule has 3 rings (SSSR count). The Bertz CT molecular complexity index is 1030. The third kappa shape index (κ3) is 5.60. The summed E-state index contributed by atoms with van der Waals surface area (Å²) >= 11 is 0. The van der Waals surface area contributed by atoms with Crippen LogP contribution in [0.4, 0.5) is 0 Å². The molecule has 0 bridgehead atoms. The molecular weight excluding hydrogens is 428 g/mol. The first-order valence-electron chi connectivity index (χ1n) is 11.0. The van der Waals surface area contributed by atoms with Crippen molar-refractivity contribution in [3.8, 4) is 23.0 Å². The number of nitrogens with one attached hydrogen (secondary N) is 1. The van der Waals surface area contributed by atoms with Gasteiger partial charge in [-0.1, -0.05) is 6.07 Å². The molecule has 1 aliphatic heterocycles. The minimum Gasteiger partial charge on any atom is -0.507 e. The van der Waals surface area contributed by atoms with Gasteiger partial charge < -0.3 is 34.0 Å². The standard InChI is InChI=1S/C24H32N2O7/c1-15-13-18(27)21(24(29)33-15)17(14-20(28)25-9-12-26-10-5-6-11-26)16-7-8-19(30-2)23(32-4)22(16)31-3/h7-8,13,17,27H,5-6,9-12,14H2,1-4H3,(H,25,28)/t17-/m0/s1. The fraction of sp³-hybridized carbons (Fsp3) is 0.500. The maximum atomic E-state index is 12.9. The Morgan fingerprint density at radius 2 is 1.85 bits per heavy atom.